The van der Waals surface area contributed by atoms with E-state index in [4.69, 9.17) is 10.3 Å². The molecule has 0 fully saturated rings. The number of nitrogens with one attached hydrogen (secondary N) is 1. The van der Waals surface area contributed by atoms with Gasteiger partial charge in [0.1, 0.15) is 5.75 Å². The van der Waals surface area contributed by atoms with E-state index in [9.17, 15) is 0 Å². The van der Waals surface area contributed by atoms with Gasteiger partial charge in [0, 0.05) is 17.5 Å². The number of hydrogen-bond donors (Lipinski definition) is 1. The van der Waals surface area contributed by atoms with Gasteiger partial charge in [-0.15, -0.1) is 0 Å². The third-order valence-corrected chi connectivity index (χ3v) is 2.73. The van der Waals surface area contributed by atoms with Crippen LogP contribution in [0.4, 0.5) is 5.69 Å². The van der Waals surface area contributed by atoms with Crippen LogP contribution in [-0.2, 0) is 0 Å². The van der Waals surface area contributed by atoms with Gasteiger partial charge in [0.2, 0.25) is 0 Å². The molecule has 0 saturated carbocycles. The number of allylic oxidation sites excluding steroid dienone is 3. The Morgan fingerprint density at radius 1 is 1.26 bits per heavy atom. The summed E-state index contributed by atoms with van der Waals surface area (Å²) in [6.07, 6.45) is 7.30. The molecule has 0 heterocycles. The molecular weight excluding hydrogens is 238 g/mol. The standard InChI is InChI=1S/C15H17N3O/c1-2-11-19-15-9-7-13(8-10-15)17-12-3-5-14(18-16)6-4-12/h3-5,7-10,17H,2,6,11H2,1H3. The summed E-state index contributed by atoms with van der Waals surface area (Å²) in [6.45, 7) is 2.83. The van der Waals surface area contributed by atoms with E-state index in [1.165, 1.54) is 0 Å². The minimum atomic E-state index is 0.632. The highest BCUT2D eigenvalue weighted by Crippen LogP contribution is 2.18. The maximum Gasteiger partial charge on any atom is 0.295 e. The van der Waals surface area contributed by atoms with Crippen molar-refractivity contribution in [1.82, 2.24) is 0 Å². The van der Waals surface area contributed by atoms with E-state index in [0.717, 1.165) is 30.2 Å². The molecule has 1 N–H and O–H groups in total. The van der Waals surface area contributed by atoms with Gasteiger partial charge in [0.05, 0.1) is 13.0 Å². The quantitative estimate of drug-likeness (QED) is 0.647. The minimum absolute atomic E-state index is 0.632. The molecule has 0 saturated heterocycles. The molecule has 1 aliphatic carbocycles. The lowest BCUT2D eigenvalue weighted by atomic mass is 10.1. The van der Waals surface area contributed by atoms with Crippen molar-refractivity contribution in [3.05, 3.63) is 53.7 Å². The Kier molecular flexibility index (Phi) is 4.54. The van der Waals surface area contributed by atoms with Gasteiger partial charge in [-0.05, 0) is 42.8 Å². The second kappa shape index (κ2) is 6.57. The van der Waals surface area contributed by atoms with Crippen LogP contribution in [-0.4, -0.2) is 17.1 Å². The molecule has 98 valence electrons. The van der Waals surface area contributed by atoms with E-state index in [1.54, 1.807) is 6.08 Å². The molecule has 0 bridgehead atoms. The summed E-state index contributed by atoms with van der Waals surface area (Å²) in [5.74, 6) is 0.885. The van der Waals surface area contributed by atoms with Gasteiger partial charge in [0.25, 0.3) is 5.71 Å². The normalized spacial score (nSPS) is 13.7. The van der Waals surface area contributed by atoms with Crippen molar-refractivity contribution in [3.8, 4) is 5.75 Å². The number of hydrogen-bond acceptors (Lipinski definition) is 2. The molecule has 0 aromatic heterocycles. The van der Waals surface area contributed by atoms with Gasteiger partial charge in [0.15, 0.2) is 0 Å². The second-order valence-corrected chi connectivity index (χ2v) is 4.29. The molecule has 0 amide bonds. The zero-order chi connectivity index (χ0) is 13.5. The van der Waals surface area contributed by atoms with E-state index in [0.29, 0.717) is 12.1 Å². The van der Waals surface area contributed by atoms with Gasteiger partial charge in [-0.2, -0.15) is 4.79 Å². The van der Waals surface area contributed by atoms with Crippen LogP contribution in [0.2, 0.25) is 0 Å². The van der Waals surface area contributed by atoms with Gasteiger partial charge in [-0.25, -0.2) is 0 Å². The molecule has 4 heteroatoms. The summed E-state index contributed by atoms with van der Waals surface area (Å²) >= 11 is 0. The van der Waals surface area contributed by atoms with Gasteiger partial charge in [-0.3, -0.25) is 0 Å². The fraction of sp³-hybridized carbons (Fsp3) is 0.267. The average molecular weight is 255 g/mol. The first-order valence-electron chi connectivity index (χ1n) is 6.41. The lowest BCUT2D eigenvalue weighted by Crippen LogP contribution is -2.04. The van der Waals surface area contributed by atoms with Crippen molar-refractivity contribution in [3.63, 3.8) is 0 Å². The summed E-state index contributed by atoms with van der Waals surface area (Å²) < 4.78 is 5.53. The molecule has 0 aliphatic heterocycles. The molecule has 0 spiro atoms. The molecule has 1 aromatic carbocycles. The molecule has 0 atom stereocenters. The molecule has 2 rings (SSSR count). The molecule has 1 aliphatic rings. The van der Waals surface area contributed by atoms with E-state index in [-0.39, 0.29) is 0 Å². The van der Waals surface area contributed by atoms with Crippen LogP contribution in [0.5, 0.6) is 5.75 Å². The predicted octanol–water partition coefficient (Wildman–Crippen LogP) is 3.40. The lowest BCUT2D eigenvalue weighted by molar-refractivity contribution is -0.00540. The Morgan fingerprint density at radius 2 is 2.05 bits per heavy atom. The minimum Gasteiger partial charge on any atom is -0.494 e. The largest absolute Gasteiger partial charge is 0.494 e. The Bertz CT molecular complexity index is 537. The highest BCUT2D eigenvalue weighted by Gasteiger charge is 2.07. The molecule has 0 radical (unpaired) electrons. The van der Waals surface area contributed by atoms with E-state index in [1.807, 2.05) is 36.4 Å². The summed E-state index contributed by atoms with van der Waals surface area (Å²) in [5, 5.41) is 3.29. The highest BCUT2D eigenvalue weighted by atomic mass is 16.5. The monoisotopic (exact) mass is 255 g/mol. The number of anilines is 1. The number of nitrogens with zero attached hydrogens (tertiary/aromatic N) is 2. The fourth-order valence-corrected chi connectivity index (χ4v) is 1.72. The Hall–Kier alpha value is -2.32. The highest BCUT2D eigenvalue weighted by molar-refractivity contribution is 5.93. The van der Waals surface area contributed by atoms with E-state index < -0.39 is 0 Å². The molecule has 19 heavy (non-hydrogen) atoms. The van der Waals surface area contributed by atoms with Gasteiger partial charge >= 0.3 is 0 Å². The zero-order valence-corrected chi connectivity index (χ0v) is 11.0. The first-order chi connectivity index (χ1) is 9.31. The van der Waals surface area contributed by atoms with Crippen LogP contribution >= 0.6 is 0 Å². The van der Waals surface area contributed by atoms with Crippen LogP contribution in [0.1, 0.15) is 19.8 Å². The summed E-state index contributed by atoms with van der Waals surface area (Å²) in [4.78, 5) is 3.17. The van der Waals surface area contributed by atoms with Gasteiger partial charge in [-0.1, -0.05) is 6.92 Å². The third kappa shape index (κ3) is 3.83. The summed E-state index contributed by atoms with van der Waals surface area (Å²) in [6, 6.07) is 7.86. The van der Waals surface area contributed by atoms with Crippen LogP contribution in [0.3, 0.4) is 0 Å². The lowest BCUT2D eigenvalue weighted by Gasteiger charge is -2.10. The summed E-state index contributed by atoms with van der Waals surface area (Å²) in [7, 11) is 0. The molecular formula is C15H17N3O. The van der Waals surface area contributed by atoms with Crippen LogP contribution < -0.4 is 10.1 Å². The zero-order valence-electron chi connectivity index (χ0n) is 11.0. The Balaban J connectivity index is 1.95. The van der Waals surface area contributed by atoms with Crippen molar-refractivity contribution in [2.45, 2.75) is 19.8 Å². The maximum absolute atomic E-state index is 8.64. The van der Waals surface area contributed by atoms with Crippen molar-refractivity contribution in [2.75, 3.05) is 11.9 Å². The van der Waals surface area contributed by atoms with Crippen LogP contribution in [0.25, 0.3) is 5.53 Å². The first-order valence-corrected chi connectivity index (χ1v) is 6.41. The molecule has 1 aromatic rings. The molecule has 4 nitrogen and oxygen atoms in total. The van der Waals surface area contributed by atoms with E-state index >= 15 is 0 Å². The first kappa shape index (κ1) is 13.1. The Labute approximate surface area is 113 Å². The fourth-order valence-electron chi connectivity index (χ4n) is 1.72. The van der Waals surface area contributed by atoms with Crippen LogP contribution in [0, 0.1) is 0 Å². The third-order valence-electron chi connectivity index (χ3n) is 2.73. The number of ether oxygens (including phenoxy) is 1. The van der Waals surface area contributed by atoms with Crippen molar-refractivity contribution >= 4 is 11.4 Å². The second-order valence-electron chi connectivity index (χ2n) is 4.29. The van der Waals surface area contributed by atoms with Gasteiger partial charge < -0.3 is 15.6 Å². The van der Waals surface area contributed by atoms with E-state index in [2.05, 4.69) is 17.0 Å². The van der Waals surface area contributed by atoms with Crippen molar-refractivity contribution in [2.24, 2.45) is 0 Å². The van der Waals surface area contributed by atoms with Crippen LogP contribution in [0.15, 0.2) is 48.2 Å². The smallest absolute Gasteiger partial charge is 0.295 e. The SMILES string of the molecule is CCCOc1ccc(NC2=CCC(=[N+]=[N-])C=C2)cc1. The van der Waals surface area contributed by atoms with Crippen molar-refractivity contribution < 1.29 is 9.53 Å². The summed E-state index contributed by atoms with van der Waals surface area (Å²) in [5.41, 5.74) is 11.3. The number of rotatable bonds is 5. The maximum atomic E-state index is 8.64. The van der Waals surface area contributed by atoms with Crippen molar-refractivity contribution in [1.29, 1.82) is 0 Å². The average Bonchev–Trinajstić information content (AvgIpc) is 2.47. The Morgan fingerprint density at radius 3 is 2.63 bits per heavy atom. The number of benzene rings is 1. The predicted molar refractivity (Wildman–Crippen MR) is 76.3 cm³/mol. The molecule has 0 unspecified atom stereocenters. The topological polar surface area (TPSA) is 57.7 Å².